The zero-order chi connectivity index (χ0) is 17.7. The van der Waals surface area contributed by atoms with Crippen LogP contribution in [-0.4, -0.2) is 48.9 Å². The highest BCUT2D eigenvalue weighted by molar-refractivity contribution is 8.13. The van der Waals surface area contributed by atoms with Crippen molar-refractivity contribution in [1.82, 2.24) is 10.6 Å². The van der Waals surface area contributed by atoms with E-state index >= 15 is 0 Å². The molecular weight excluding hydrogens is 320 g/mol. The number of methoxy groups -OCH3 is 1. The Morgan fingerprint density at radius 1 is 1.09 bits per heavy atom. The molecule has 132 valence electrons. The van der Waals surface area contributed by atoms with Crippen molar-refractivity contribution in [1.29, 1.82) is 0 Å². The number of alkyl carbamates (subject to hydrolysis) is 1. The van der Waals surface area contributed by atoms with E-state index in [1.165, 1.54) is 14.0 Å². The summed E-state index contributed by atoms with van der Waals surface area (Å²) in [5.74, 6) is 0.0969. The second-order valence-corrected chi connectivity index (χ2v) is 6.31. The number of carbonyl (C=O) groups is 4. The van der Waals surface area contributed by atoms with Gasteiger partial charge in [0.25, 0.3) is 0 Å². The predicted molar refractivity (Wildman–Crippen MR) is 89.2 cm³/mol. The van der Waals surface area contributed by atoms with E-state index in [4.69, 9.17) is 0 Å². The largest absolute Gasteiger partial charge is 0.453 e. The number of nitrogens with one attached hydrogen (secondary N) is 2. The zero-order valence-electron chi connectivity index (χ0n) is 14.0. The summed E-state index contributed by atoms with van der Waals surface area (Å²) in [5, 5.41) is 5.00. The molecular formula is C15H26N2O5S. The quantitative estimate of drug-likeness (QED) is 0.434. The third-order valence-corrected chi connectivity index (χ3v) is 4.00. The Labute approximate surface area is 141 Å². The van der Waals surface area contributed by atoms with Crippen LogP contribution in [0.1, 0.15) is 39.5 Å². The minimum atomic E-state index is -0.462. The lowest BCUT2D eigenvalue weighted by molar-refractivity contribution is -0.126. The molecule has 0 aliphatic heterocycles. The van der Waals surface area contributed by atoms with Crippen LogP contribution >= 0.6 is 11.8 Å². The molecule has 2 amide bonds. The van der Waals surface area contributed by atoms with E-state index in [-0.39, 0.29) is 29.1 Å². The third kappa shape index (κ3) is 12.6. The first-order chi connectivity index (χ1) is 10.9. The standard InChI is InChI=1S/C15H26N2O5S/c1-11(6-4-5-7-17-15(21)22-3)13(19)10-14(20)23-9-8-16-12(2)18/h11H,4-10H2,1-3H3,(H,16,18)(H,17,21). The molecule has 0 aromatic rings. The van der Waals surface area contributed by atoms with Crippen molar-refractivity contribution < 1.29 is 23.9 Å². The van der Waals surface area contributed by atoms with Gasteiger partial charge in [-0.1, -0.05) is 25.1 Å². The molecule has 0 rings (SSSR count). The minimum absolute atomic E-state index is 0.0667. The molecule has 0 aliphatic carbocycles. The van der Waals surface area contributed by atoms with Gasteiger partial charge in [0.2, 0.25) is 5.91 Å². The van der Waals surface area contributed by atoms with Crippen molar-refractivity contribution in [2.45, 2.75) is 39.5 Å². The first-order valence-corrected chi connectivity index (χ1v) is 8.60. The lowest BCUT2D eigenvalue weighted by atomic mass is 9.98. The van der Waals surface area contributed by atoms with Crippen LogP contribution in [0.5, 0.6) is 0 Å². The summed E-state index contributed by atoms with van der Waals surface area (Å²) in [6.45, 7) is 4.15. The van der Waals surface area contributed by atoms with Crippen LogP contribution in [0.25, 0.3) is 0 Å². The van der Waals surface area contributed by atoms with Gasteiger partial charge < -0.3 is 15.4 Å². The maximum atomic E-state index is 11.9. The van der Waals surface area contributed by atoms with Crippen LogP contribution < -0.4 is 10.6 Å². The number of amides is 2. The van der Waals surface area contributed by atoms with E-state index in [1.807, 2.05) is 6.92 Å². The van der Waals surface area contributed by atoms with Gasteiger partial charge in [0, 0.05) is 31.7 Å². The van der Waals surface area contributed by atoms with Crippen LogP contribution in [0.2, 0.25) is 0 Å². The molecule has 7 nitrogen and oxygen atoms in total. The Bertz CT molecular complexity index is 415. The Morgan fingerprint density at radius 2 is 1.78 bits per heavy atom. The van der Waals surface area contributed by atoms with E-state index < -0.39 is 6.09 Å². The number of ketones is 1. The second kappa shape index (κ2) is 12.9. The molecule has 1 atom stereocenters. The number of rotatable bonds is 11. The van der Waals surface area contributed by atoms with Crippen LogP contribution in [0.3, 0.4) is 0 Å². The molecule has 23 heavy (non-hydrogen) atoms. The van der Waals surface area contributed by atoms with Crippen molar-refractivity contribution >= 4 is 34.7 Å². The molecule has 0 aliphatic rings. The predicted octanol–water partition coefficient (Wildman–Crippen LogP) is 1.50. The Balaban J connectivity index is 3.73. The fourth-order valence-corrected chi connectivity index (χ4v) is 2.43. The van der Waals surface area contributed by atoms with Gasteiger partial charge in [-0.15, -0.1) is 0 Å². The Hall–Kier alpha value is -1.57. The fraction of sp³-hybridized carbons (Fsp3) is 0.733. The summed E-state index contributed by atoms with van der Waals surface area (Å²) in [5.41, 5.74) is 0. The lowest BCUT2D eigenvalue weighted by Crippen LogP contribution is -2.24. The molecule has 8 heteroatoms. The highest BCUT2D eigenvalue weighted by atomic mass is 32.2. The fourth-order valence-electron chi connectivity index (χ4n) is 1.76. The molecule has 0 saturated carbocycles. The maximum Gasteiger partial charge on any atom is 0.406 e. The Kier molecular flexibility index (Phi) is 12.0. The summed E-state index contributed by atoms with van der Waals surface area (Å²) in [7, 11) is 1.31. The van der Waals surface area contributed by atoms with Crippen LogP contribution in [0, 0.1) is 5.92 Å². The van der Waals surface area contributed by atoms with E-state index in [2.05, 4.69) is 15.4 Å². The second-order valence-electron chi connectivity index (χ2n) is 5.16. The first kappa shape index (κ1) is 21.4. The van der Waals surface area contributed by atoms with Crippen LogP contribution in [0.15, 0.2) is 0 Å². The van der Waals surface area contributed by atoms with Gasteiger partial charge >= 0.3 is 6.09 Å². The molecule has 0 radical (unpaired) electrons. The average molecular weight is 346 g/mol. The van der Waals surface area contributed by atoms with Gasteiger partial charge in [0.1, 0.15) is 5.78 Å². The van der Waals surface area contributed by atoms with Gasteiger partial charge in [-0.05, 0) is 12.8 Å². The van der Waals surface area contributed by atoms with E-state index in [1.54, 1.807) is 0 Å². The minimum Gasteiger partial charge on any atom is -0.453 e. The zero-order valence-corrected chi connectivity index (χ0v) is 14.8. The lowest BCUT2D eigenvalue weighted by Gasteiger charge is -2.10. The number of hydrogen-bond donors (Lipinski definition) is 2. The van der Waals surface area contributed by atoms with E-state index in [0.29, 0.717) is 25.3 Å². The average Bonchev–Trinajstić information content (AvgIpc) is 2.50. The van der Waals surface area contributed by atoms with Crippen LogP contribution in [0.4, 0.5) is 4.79 Å². The van der Waals surface area contributed by atoms with Gasteiger partial charge in [0.15, 0.2) is 5.12 Å². The van der Waals surface area contributed by atoms with Gasteiger partial charge in [-0.3, -0.25) is 14.4 Å². The monoisotopic (exact) mass is 346 g/mol. The summed E-state index contributed by atoms with van der Waals surface area (Å²) in [6.07, 6.45) is 1.70. The number of hydrogen-bond acceptors (Lipinski definition) is 6. The molecule has 0 aromatic heterocycles. The summed E-state index contributed by atoms with van der Waals surface area (Å²) in [4.78, 5) is 45.1. The van der Waals surface area contributed by atoms with Gasteiger partial charge in [0.05, 0.1) is 13.5 Å². The molecule has 0 aromatic carbocycles. The molecule has 1 unspecified atom stereocenters. The number of thioether (sulfide) groups is 1. The van der Waals surface area contributed by atoms with Gasteiger partial charge in [-0.25, -0.2) is 4.79 Å². The smallest absolute Gasteiger partial charge is 0.406 e. The van der Waals surface area contributed by atoms with Gasteiger partial charge in [-0.2, -0.15) is 0 Å². The molecule has 0 spiro atoms. The van der Waals surface area contributed by atoms with E-state index in [9.17, 15) is 19.2 Å². The molecule has 0 heterocycles. The van der Waals surface area contributed by atoms with Crippen molar-refractivity contribution in [3.63, 3.8) is 0 Å². The maximum absolute atomic E-state index is 11.9. The van der Waals surface area contributed by atoms with Crippen molar-refractivity contribution in [3.05, 3.63) is 0 Å². The molecule has 0 fully saturated rings. The number of carbonyl (C=O) groups excluding carboxylic acids is 4. The highest BCUT2D eigenvalue weighted by Gasteiger charge is 2.16. The summed E-state index contributed by atoms with van der Waals surface area (Å²) < 4.78 is 4.45. The molecule has 2 N–H and O–H groups in total. The highest BCUT2D eigenvalue weighted by Crippen LogP contribution is 2.14. The van der Waals surface area contributed by atoms with Crippen molar-refractivity contribution in [2.75, 3.05) is 26.0 Å². The van der Waals surface area contributed by atoms with Crippen molar-refractivity contribution in [2.24, 2.45) is 5.92 Å². The van der Waals surface area contributed by atoms with Crippen molar-refractivity contribution in [3.8, 4) is 0 Å². The topological polar surface area (TPSA) is 102 Å². The first-order valence-electron chi connectivity index (χ1n) is 7.61. The molecule has 0 bridgehead atoms. The Morgan fingerprint density at radius 3 is 2.39 bits per heavy atom. The summed E-state index contributed by atoms with van der Waals surface area (Å²) >= 11 is 1.07. The SMILES string of the molecule is COC(=O)NCCCCC(C)C(=O)CC(=O)SCCNC(C)=O. The summed E-state index contributed by atoms with van der Waals surface area (Å²) in [6, 6.07) is 0. The number of unbranched alkanes of at least 4 members (excludes halogenated alkanes) is 1. The molecule has 0 saturated heterocycles. The third-order valence-electron chi connectivity index (χ3n) is 3.13. The van der Waals surface area contributed by atoms with E-state index in [0.717, 1.165) is 24.6 Å². The normalized spacial score (nSPS) is 11.4. The number of ether oxygens (including phenoxy) is 1. The van der Waals surface area contributed by atoms with Crippen LogP contribution in [-0.2, 0) is 19.1 Å². The number of Topliss-reactive ketones (excluding diaryl/α,β-unsaturated/α-hetero) is 1.